The van der Waals surface area contributed by atoms with Crippen LogP contribution >= 0.6 is 11.6 Å². The summed E-state index contributed by atoms with van der Waals surface area (Å²) >= 11 is 5.79. The van der Waals surface area contributed by atoms with Gasteiger partial charge in [0, 0.05) is 29.4 Å². The minimum atomic E-state index is -1.41. The third kappa shape index (κ3) is 7.02. The number of carboxylic acids is 1. The standard InChI is InChI=1S/C16H14ClN3O5.K/c17-12-3-1-11(2-4-12)9-19(10-15(21)22)16(23)18-13-5-7-14(8-6-13)20(24)25;/h1-8H,9-10H2,(H,18,23)(H,21,22);/q;+1/p-1. The molecule has 2 aromatic rings. The van der Waals surface area contributed by atoms with E-state index < -0.39 is 23.5 Å². The molecule has 2 amide bonds. The number of halogens is 1. The van der Waals surface area contributed by atoms with Crippen molar-refractivity contribution in [3.8, 4) is 0 Å². The van der Waals surface area contributed by atoms with Crippen molar-refractivity contribution in [1.82, 2.24) is 4.90 Å². The summed E-state index contributed by atoms with van der Waals surface area (Å²) in [6.07, 6.45) is 0. The van der Waals surface area contributed by atoms with Crippen LogP contribution in [0.2, 0.25) is 5.02 Å². The Bertz CT molecular complexity index is 783. The fourth-order valence-corrected chi connectivity index (χ4v) is 2.16. The SMILES string of the molecule is O=C([O-])CN(Cc1ccc(Cl)cc1)C(=O)Nc1ccc([N+](=O)[O-])cc1.[K+]. The average molecular weight is 402 g/mol. The molecule has 2 rings (SSSR count). The van der Waals surface area contributed by atoms with Gasteiger partial charge in [-0.3, -0.25) is 10.1 Å². The van der Waals surface area contributed by atoms with Gasteiger partial charge in [-0.05, 0) is 29.8 Å². The summed E-state index contributed by atoms with van der Waals surface area (Å²) < 4.78 is 0. The largest absolute Gasteiger partial charge is 1.00 e. The molecular weight excluding hydrogens is 389 g/mol. The number of carbonyl (C=O) groups excluding carboxylic acids is 2. The number of anilines is 1. The molecule has 10 heteroatoms. The molecule has 0 radical (unpaired) electrons. The van der Waals surface area contributed by atoms with E-state index in [1.807, 2.05) is 0 Å². The summed E-state index contributed by atoms with van der Waals surface area (Å²) in [5, 5.41) is 24.5. The van der Waals surface area contributed by atoms with E-state index in [-0.39, 0.29) is 63.6 Å². The molecule has 2 aromatic carbocycles. The van der Waals surface area contributed by atoms with Crippen molar-refractivity contribution >= 4 is 35.0 Å². The first kappa shape index (κ1) is 22.5. The number of nitrogens with one attached hydrogen (secondary N) is 1. The molecular formula is C16H13ClKN3O5. The Balaban J connectivity index is 0.00000338. The topological polar surface area (TPSA) is 116 Å². The molecule has 0 saturated carbocycles. The molecule has 0 heterocycles. The summed E-state index contributed by atoms with van der Waals surface area (Å²) in [6, 6.07) is 11.1. The minimum absolute atomic E-state index is 0. The van der Waals surface area contributed by atoms with E-state index in [9.17, 15) is 24.8 Å². The maximum absolute atomic E-state index is 12.3. The number of aliphatic carboxylic acids is 1. The number of carboxylic acid groups (broad SMARTS) is 1. The van der Waals surface area contributed by atoms with Gasteiger partial charge in [0.05, 0.1) is 17.4 Å². The van der Waals surface area contributed by atoms with Crippen LogP contribution in [0.5, 0.6) is 0 Å². The Kier molecular flexibility index (Phi) is 9.20. The molecule has 0 aromatic heterocycles. The third-order valence-corrected chi connectivity index (χ3v) is 3.48. The average Bonchev–Trinajstić information content (AvgIpc) is 2.56. The van der Waals surface area contributed by atoms with Crippen molar-refractivity contribution < 1.29 is 71.0 Å². The smallest absolute Gasteiger partial charge is 0.548 e. The zero-order chi connectivity index (χ0) is 18.4. The van der Waals surface area contributed by atoms with Crippen molar-refractivity contribution in [3.63, 3.8) is 0 Å². The van der Waals surface area contributed by atoms with Gasteiger partial charge in [0.15, 0.2) is 0 Å². The Hall–Kier alpha value is -1.49. The van der Waals surface area contributed by atoms with Gasteiger partial charge in [-0.15, -0.1) is 0 Å². The maximum Gasteiger partial charge on any atom is 1.00 e. The number of rotatable bonds is 6. The quantitative estimate of drug-likeness (QED) is 0.380. The van der Waals surface area contributed by atoms with Crippen molar-refractivity contribution in [2.24, 2.45) is 0 Å². The van der Waals surface area contributed by atoms with Crippen LogP contribution in [0.4, 0.5) is 16.2 Å². The monoisotopic (exact) mass is 401 g/mol. The first-order valence-corrected chi connectivity index (χ1v) is 7.47. The van der Waals surface area contributed by atoms with Crippen molar-refractivity contribution in [3.05, 3.63) is 69.2 Å². The predicted molar refractivity (Wildman–Crippen MR) is 89.0 cm³/mol. The number of nitrogens with zero attached hydrogens (tertiary/aromatic N) is 2. The summed E-state index contributed by atoms with van der Waals surface area (Å²) in [6.45, 7) is -0.578. The van der Waals surface area contributed by atoms with E-state index in [0.717, 1.165) is 4.90 Å². The van der Waals surface area contributed by atoms with Crippen molar-refractivity contribution in [1.29, 1.82) is 0 Å². The van der Waals surface area contributed by atoms with Gasteiger partial charge in [0.2, 0.25) is 0 Å². The fourth-order valence-electron chi connectivity index (χ4n) is 2.03. The van der Waals surface area contributed by atoms with Gasteiger partial charge in [-0.2, -0.15) is 0 Å². The van der Waals surface area contributed by atoms with Crippen LogP contribution in [-0.2, 0) is 11.3 Å². The van der Waals surface area contributed by atoms with Crippen LogP contribution in [-0.4, -0.2) is 28.4 Å². The molecule has 0 fully saturated rings. The van der Waals surface area contributed by atoms with Gasteiger partial charge in [0.1, 0.15) is 0 Å². The van der Waals surface area contributed by atoms with E-state index in [2.05, 4.69) is 5.32 Å². The summed E-state index contributed by atoms with van der Waals surface area (Å²) in [4.78, 5) is 34.3. The van der Waals surface area contributed by atoms with E-state index in [0.29, 0.717) is 16.3 Å². The number of amides is 2. The number of nitro benzene ring substituents is 1. The Morgan fingerprint density at radius 3 is 2.15 bits per heavy atom. The molecule has 0 aliphatic heterocycles. The number of non-ortho nitro benzene ring substituents is 1. The molecule has 0 unspecified atom stereocenters. The summed E-state index contributed by atoms with van der Waals surface area (Å²) in [5.74, 6) is -1.41. The van der Waals surface area contributed by atoms with Crippen molar-refractivity contribution in [2.75, 3.05) is 11.9 Å². The Morgan fingerprint density at radius 1 is 1.08 bits per heavy atom. The molecule has 0 atom stereocenters. The molecule has 0 aliphatic rings. The Labute approximate surface area is 196 Å². The number of benzene rings is 2. The van der Waals surface area contributed by atoms with Crippen LogP contribution in [0.25, 0.3) is 0 Å². The second kappa shape index (κ2) is 10.6. The number of urea groups is 1. The second-order valence-electron chi connectivity index (χ2n) is 5.09. The van der Waals surface area contributed by atoms with E-state index >= 15 is 0 Å². The van der Waals surface area contributed by atoms with E-state index in [1.165, 1.54) is 24.3 Å². The summed E-state index contributed by atoms with van der Waals surface area (Å²) in [5.41, 5.74) is 0.866. The Morgan fingerprint density at radius 2 is 1.65 bits per heavy atom. The zero-order valence-electron chi connectivity index (χ0n) is 13.8. The molecule has 0 saturated heterocycles. The van der Waals surface area contributed by atoms with E-state index in [4.69, 9.17) is 11.6 Å². The number of nitro groups is 1. The molecule has 130 valence electrons. The molecule has 26 heavy (non-hydrogen) atoms. The van der Waals surface area contributed by atoms with Gasteiger partial charge in [0.25, 0.3) is 5.69 Å². The van der Waals surface area contributed by atoms with Crippen molar-refractivity contribution in [2.45, 2.75) is 6.54 Å². The number of carbonyl (C=O) groups is 2. The normalized spacial score (nSPS) is 9.73. The fraction of sp³-hybridized carbons (Fsp3) is 0.125. The molecule has 0 bridgehead atoms. The zero-order valence-corrected chi connectivity index (χ0v) is 17.7. The first-order valence-electron chi connectivity index (χ1n) is 7.10. The summed E-state index contributed by atoms with van der Waals surface area (Å²) in [7, 11) is 0. The molecule has 0 spiro atoms. The van der Waals surface area contributed by atoms with Gasteiger partial charge in [-0.1, -0.05) is 23.7 Å². The first-order chi connectivity index (χ1) is 11.8. The molecule has 8 nitrogen and oxygen atoms in total. The van der Waals surface area contributed by atoms with Gasteiger partial charge >= 0.3 is 57.4 Å². The number of hydrogen-bond donors (Lipinski definition) is 1. The van der Waals surface area contributed by atoms with E-state index in [1.54, 1.807) is 24.3 Å². The van der Waals surface area contributed by atoms with Crippen LogP contribution in [0, 0.1) is 10.1 Å². The second-order valence-corrected chi connectivity index (χ2v) is 5.53. The van der Waals surface area contributed by atoms with Crippen LogP contribution in [0.1, 0.15) is 5.56 Å². The van der Waals surface area contributed by atoms with Gasteiger partial charge in [-0.25, -0.2) is 4.79 Å². The van der Waals surface area contributed by atoms with Crippen LogP contribution < -0.4 is 61.8 Å². The van der Waals surface area contributed by atoms with Gasteiger partial charge < -0.3 is 20.1 Å². The third-order valence-electron chi connectivity index (χ3n) is 3.22. The van der Waals surface area contributed by atoms with Crippen LogP contribution in [0.3, 0.4) is 0 Å². The minimum Gasteiger partial charge on any atom is -0.548 e. The maximum atomic E-state index is 12.3. The molecule has 1 N–H and O–H groups in total. The molecule has 0 aliphatic carbocycles. The number of hydrogen-bond acceptors (Lipinski definition) is 5. The predicted octanol–water partition coefficient (Wildman–Crippen LogP) is -0.964. The van der Waals surface area contributed by atoms with Crippen LogP contribution in [0.15, 0.2) is 48.5 Å².